The molecule has 15 heavy (non-hydrogen) atoms. The van der Waals surface area contributed by atoms with E-state index in [2.05, 4.69) is 53.3 Å². The van der Waals surface area contributed by atoms with E-state index in [1.54, 1.807) is 0 Å². The topological polar surface area (TPSA) is 21.3 Å². The Balaban J connectivity index is 1.98. The number of anilines is 1. The Bertz CT molecular complexity index is 361. The third kappa shape index (κ3) is 2.52. The molecule has 1 aromatic rings. The monoisotopic (exact) mass is 269 g/mol. The van der Waals surface area contributed by atoms with Gasteiger partial charge in [0.25, 0.3) is 0 Å². The molecule has 1 heterocycles. The van der Waals surface area contributed by atoms with E-state index in [0.29, 0.717) is 5.41 Å². The summed E-state index contributed by atoms with van der Waals surface area (Å²) in [5.74, 6) is 0. The second kappa shape index (κ2) is 4.14. The van der Waals surface area contributed by atoms with Gasteiger partial charge in [-0.3, -0.25) is 0 Å². The zero-order valence-electron chi connectivity index (χ0n) is 9.14. The van der Waals surface area contributed by atoms with E-state index in [-0.39, 0.29) is 0 Å². The maximum Gasteiger partial charge on any atom is 0.0559 e. The van der Waals surface area contributed by atoms with E-state index < -0.39 is 0 Å². The van der Waals surface area contributed by atoms with Crippen molar-refractivity contribution in [2.75, 3.05) is 25.1 Å². The van der Waals surface area contributed by atoms with Crippen LogP contribution >= 0.6 is 15.9 Å². The molecule has 82 valence electrons. The molecule has 0 aliphatic carbocycles. The van der Waals surface area contributed by atoms with Crippen molar-refractivity contribution in [3.8, 4) is 0 Å². The standard InChI is InChI=1S/C12H16BrNO/c1-9-5-10(13)3-4-11(9)14-6-12(2)7-15-8-12/h3-5,14H,6-8H2,1-2H3. The predicted octanol–water partition coefficient (Wildman–Crippen LogP) is 3.21. The second-order valence-corrected chi connectivity index (χ2v) is 5.53. The van der Waals surface area contributed by atoms with Crippen LogP contribution in [0.5, 0.6) is 0 Å². The van der Waals surface area contributed by atoms with Gasteiger partial charge >= 0.3 is 0 Å². The number of hydrogen-bond acceptors (Lipinski definition) is 2. The average molecular weight is 270 g/mol. The van der Waals surface area contributed by atoms with E-state index in [1.165, 1.54) is 11.3 Å². The van der Waals surface area contributed by atoms with Gasteiger partial charge in [-0.05, 0) is 30.7 Å². The van der Waals surface area contributed by atoms with Crippen molar-refractivity contribution in [1.82, 2.24) is 0 Å². The zero-order chi connectivity index (χ0) is 10.9. The van der Waals surface area contributed by atoms with Gasteiger partial charge in [0.15, 0.2) is 0 Å². The lowest BCUT2D eigenvalue weighted by molar-refractivity contribution is -0.0924. The molecule has 3 heteroatoms. The van der Waals surface area contributed by atoms with Crippen LogP contribution in [0.15, 0.2) is 22.7 Å². The zero-order valence-corrected chi connectivity index (χ0v) is 10.7. The minimum absolute atomic E-state index is 0.319. The van der Waals surface area contributed by atoms with Gasteiger partial charge in [-0.2, -0.15) is 0 Å². The van der Waals surface area contributed by atoms with Crippen molar-refractivity contribution >= 4 is 21.6 Å². The molecule has 0 bridgehead atoms. The highest BCUT2D eigenvalue weighted by molar-refractivity contribution is 9.10. The first-order valence-electron chi connectivity index (χ1n) is 5.17. The van der Waals surface area contributed by atoms with Gasteiger partial charge in [0, 0.05) is 22.1 Å². The molecule has 0 spiro atoms. The summed E-state index contributed by atoms with van der Waals surface area (Å²) >= 11 is 3.46. The number of halogens is 1. The first kappa shape index (κ1) is 11.0. The average Bonchev–Trinajstić information content (AvgIpc) is 2.14. The molecule has 2 nitrogen and oxygen atoms in total. The van der Waals surface area contributed by atoms with Crippen LogP contribution in [0.4, 0.5) is 5.69 Å². The molecule has 1 saturated heterocycles. The molecule has 1 fully saturated rings. The van der Waals surface area contributed by atoms with Crippen molar-refractivity contribution in [2.45, 2.75) is 13.8 Å². The van der Waals surface area contributed by atoms with Gasteiger partial charge in [0.2, 0.25) is 0 Å². The smallest absolute Gasteiger partial charge is 0.0559 e. The van der Waals surface area contributed by atoms with Gasteiger partial charge in [0.05, 0.1) is 13.2 Å². The summed E-state index contributed by atoms with van der Waals surface area (Å²) in [5.41, 5.74) is 2.80. The third-order valence-electron chi connectivity index (χ3n) is 2.80. The molecular weight excluding hydrogens is 254 g/mol. The Labute approximate surface area is 99.1 Å². The van der Waals surface area contributed by atoms with E-state index >= 15 is 0 Å². The van der Waals surface area contributed by atoms with Crippen molar-refractivity contribution in [2.24, 2.45) is 5.41 Å². The van der Waals surface area contributed by atoms with E-state index in [1.807, 2.05) is 0 Å². The second-order valence-electron chi connectivity index (χ2n) is 4.62. The summed E-state index contributed by atoms with van der Waals surface area (Å²) in [4.78, 5) is 0. The molecule has 1 aliphatic heterocycles. The van der Waals surface area contributed by atoms with Crippen molar-refractivity contribution in [3.63, 3.8) is 0 Å². The Morgan fingerprint density at radius 3 is 2.73 bits per heavy atom. The van der Waals surface area contributed by atoms with Crippen LogP contribution in [0, 0.1) is 12.3 Å². The molecule has 0 amide bonds. The number of hydrogen-bond donors (Lipinski definition) is 1. The maximum absolute atomic E-state index is 5.23. The molecule has 1 aliphatic rings. The molecular formula is C12H16BrNO. The van der Waals surface area contributed by atoms with Gasteiger partial charge in [-0.25, -0.2) is 0 Å². The Kier molecular flexibility index (Phi) is 3.03. The Morgan fingerprint density at radius 1 is 1.47 bits per heavy atom. The van der Waals surface area contributed by atoms with Gasteiger partial charge in [-0.1, -0.05) is 22.9 Å². The lowest BCUT2D eigenvalue weighted by Gasteiger charge is -2.38. The van der Waals surface area contributed by atoms with Crippen LogP contribution in [0.1, 0.15) is 12.5 Å². The third-order valence-corrected chi connectivity index (χ3v) is 3.29. The first-order valence-corrected chi connectivity index (χ1v) is 5.96. The molecule has 1 N–H and O–H groups in total. The fourth-order valence-corrected chi connectivity index (χ4v) is 2.16. The van der Waals surface area contributed by atoms with Crippen LogP contribution in [0.2, 0.25) is 0 Å². The van der Waals surface area contributed by atoms with E-state index in [9.17, 15) is 0 Å². The molecule has 0 unspecified atom stereocenters. The van der Waals surface area contributed by atoms with Gasteiger partial charge in [-0.15, -0.1) is 0 Å². The minimum Gasteiger partial charge on any atom is -0.384 e. The minimum atomic E-state index is 0.319. The highest BCUT2D eigenvalue weighted by Crippen LogP contribution is 2.28. The molecule has 1 aromatic carbocycles. The fraction of sp³-hybridized carbons (Fsp3) is 0.500. The summed E-state index contributed by atoms with van der Waals surface area (Å²) in [5, 5.41) is 3.48. The van der Waals surface area contributed by atoms with Crippen molar-refractivity contribution < 1.29 is 4.74 Å². The fourth-order valence-electron chi connectivity index (χ4n) is 1.69. The maximum atomic E-state index is 5.23. The van der Waals surface area contributed by atoms with Crippen LogP contribution in [-0.2, 0) is 4.74 Å². The normalized spacial score (nSPS) is 18.3. The van der Waals surface area contributed by atoms with Crippen LogP contribution < -0.4 is 5.32 Å². The summed E-state index contributed by atoms with van der Waals surface area (Å²) in [7, 11) is 0. The molecule has 0 radical (unpaired) electrons. The van der Waals surface area contributed by atoms with Crippen LogP contribution in [0.3, 0.4) is 0 Å². The van der Waals surface area contributed by atoms with Gasteiger partial charge < -0.3 is 10.1 Å². The van der Waals surface area contributed by atoms with Crippen LogP contribution in [0.25, 0.3) is 0 Å². The molecule has 0 atom stereocenters. The largest absolute Gasteiger partial charge is 0.384 e. The summed E-state index contributed by atoms with van der Waals surface area (Å²) in [6.07, 6.45) is 0. The molecule has 2 rings (SSSR count). The Morgan fingerprint density at radius 2 is 2.20 bits per heavy atom. The number of benzene rings is 1. The van der Waals surface area contributed by atoms with E-state index in [4.69, 9.17) is 4.74 Å². The summed E-state index contributed by atoms with van der Waals surface area (Å²) in [6.45, 7) is 7.09. The number of rotatable bonds is 3. The number of ether oxygens (including phenoxy) is 1. The van der Waals surface area contributed by atoms with E-state index in [0.717, 1.165) is 24.2 Å². The highest BCUT2D eigenvalue weighted by Gasteiger charge is 2.32. The molecule has 0 saturated carbocycles. The van der Waals surface area contributed by atoms with Crippen LogP contribution in [-0.4, -0.2) is 19.8 Å². The molecule has 0 aromatic heterocycles. The quantitative estimate of drug-likeness (QED) is 0.910. The van der Waals surface area contributed by atoms with Crippen molar-refractivity contribution in [3.05, 3.63) is 28.2 Å². The summed E-state index contributed by atoms with van der Waals surface area (Å²) in [6, 6.07) is 6.30. The predicted molar refractivity (Wildman–Crippen MR) is 66.3 cm³/mol. The lowest BCUT2D eigenvalue weighted by Crippen LogP contribution is -2.45. The summed E-state index contributed by atoms with van der Waals surface area (Å²) < 4.78 is 6.36. The number of nitrogens with one attached hydrogen (secondary N) is 1. The van der Waals surface area contributed by atoms with Gasteiger partial charge in [0.1, 0.15) is 0 Å². The number of aryl methyl sites for hydroxylation is 1. The lowest BCUT2D eigenvalue weighted by atomic mass is 9.88. The Hall–Kier alpha value is -0.540. The van der Waals surface area contributed by atoms with Crippen molar-refractivity contribution in [1.29, 1.82) is 0 Å². The SMILES string of the molecule is Cc1cc(Br)ccc1NCC1(C)COC1. The first-order chi connectivity index (χ1) is 7.09. The highest BCUT2D eigenvalue weighted by atomic mass is 79.9.